The van der Waals surface area contributed by atoms with Gasteiger partial charge >= 0.3 is 0 Å². The summed E-state index contributed by atoms with van der Waals surface area (Å²) in [6, 6.07) is 3.44. The van der Waals surface area contributed by atoms with Crippen molar-refractivity contribution >= 4 is 5.52 Å². The first-order valence-corrected chi connectivity index (χ1v) is 5.68. The van der Waals surface area contributed by atoms with Crippen molar-refractivity contribution in [1.29, 1.82) is 0 Å². The van der Waals surface area contributed by atoms with Gasteiger partial charge in [-0.15, -0.1) is 0 Å². The number of hydrogen-bond donors (Lipinski definition) is 2. The smallest absolute Gasteiger partial charge is 0.119 e. The van der Waals surface area contributed by atoms with E-state index in [1.807, 2.05) is 12.4 Å². The van der Waals surface area contributed by atoms with Crippen LogP contribution in [0.2, 0.25) is 0 Å². The van der Waals surface area contributed by atoms with E-state index in [4.69, 9.17) is 0 Å². The summed E-state index contributed by atoms with van der Waals surface area (Å²) in [6.45, 7) is 2.21. The van der Waals surface area contributed by atoms with E-state index < -0.39 is 0 Å². The molecule has 3 heterocycles. The van der Waals surface area contributed by atoms with Gasteiger partial charge < -0.3 is 14.8 Å². The van der Waals surface area contributed by atoms with Crippen molar-refractivity contribution in [1.82, 2.24) is 14.7 Å². The number of fused-ring (bicyclic) bond motifs is 1. The predicted octanol–water partition coefficient (Wildman–Crippen LogP) is 1.19. The molecule has 1 fully saturated rings. The fourth-order valence-corrected chi connectivity index (χ4v) is 2.34. The zero-order valence-electron chi connectivity index (χ0n) is 9.06. The van der Waals surface area contributed by atoms with Crippen LogP contribution in [0, 0.1) is 5.92 Å². The first kappa shape index (κ1) is 9.66. The third kappa shape index (κ3) is 1.65. The van der Waals surface area contributed by atoms with Gasteiger partial charge in [0.1, 0.15) is 11.6 Å². The predicted molar refractivity (Wildman–Crippen MR) is 61.5 cm³/mol. The summed E-state index contributed by atoms with van der Waals surface area (Å²) in [6.07, 6.45) is 5.94. The van der Waals surface area contributed by atoms with E-state index >= 15 is 0 Å². The Kier molecular flexibility index (Phi) is 2.29. The minimum atomic E-state index is 0.293. The summed E-state index contributed by atoms with van der Waals surface area (Å²) in [7, 11) is 0. The molecule has 84 valence electrons. The molecule has 0 bridgehead atoms. The maximum atomic E-state index is 9.37. The number of hydrogen-bond acceptors (Lipinski definition) is 3. The average molecular weight is 217 g/mol. The molecule has 2 aromatic heterocycles. The van der Waals surface area contributed by atoms with Crippen LogP contribution in [-0.2, 0) is 6.42 Å². The van der Waals surface area contributed by atoms with Gasteiger partial charge in [-0.1, -0.05) is 0 Å². The van der Waals surface area contributed by atoms with Crippen molar-refractivity contribution in [2.75, 3.05) is 13.1 Å². The minimum absolute atomic E-state index is 0.293. The lowest BCUT2D eigenvalue weighted by Crippen LogP contribution is -2.12. The molecule has 1 saturated heterocycles. The number of aromatic hydroxyl groups is 1. The van der Waals surface area contributed by atoms with Crippen LogP contribution in [0.15, 0.2) is 24.5 Å². The normalized spacial score (nSPS) is 20.6. The van der Waals surface area contributed by atoms with Crippen LogP contribution in [-0.4, -0.2) is 27.6 Å². The number of pyridine rings is 1. The standard InChI is InChI=1S/C12H15N3O/c16-11-2-4-15-10(6-11)8-14-12(15)5-9-1-3-13-7-9/h2,4,6,8-9,13,16H,1,3,5,7H2. The van der Waals surface area contributed by atoms with Crippen LogP contribution < -0.4 is 5.32 Å². The van der Waals surface area contributed by atoms with E-state index in [2.05, 4.69) is 14.7 Å². The first-order chi connectivity index (χ1) is 7.83. The van der Waals surface area contributed by atoms with Gasteiger partial charge in [-0.2, -0.15) is 0 Å². The number of nitrogens with one attached hydrogen (secondary N) is 1. The van der Waals surface area contributed by atoms with Gasteiger partial charge in [0.15, 0.2) is 0 Å². The Morgan fingerprint density at radius 2 is 2.50 bits per heavy atom. The summed E-state index contributed by atoms with van der Waals surface area (Å²) < 4.78 is 2.05. The Bertz CT molecular complexity index is 500. The second-order valence-corrected chi connectivity index (χ2v) is 4.42. The number of nitrogens with zero attached hydrogens (tertiary/aromatic N) is 2. The summed E-state index contributed by atoms with van der Waals surface area (Å²) >= 11 is 0. The van der Waals surface area contributed by atoms with Crippen LogP contribution >= 0.6 is 0 Å². The summed E-state index contributed by atoms with van der Waals surface area (Å²) in [5.41, 5.74) is 0.959. The molecule has 16 heavy (non-hydrogen) atoms. The Morgan fingerprint density at radius 3 is 3.31 bits per heavy atom. The maximum Gasteiger partial charge on any atom is 0.119 e. The highest BCUT2D eigenvalue weighted by Crippen LogP contribution is 2.18. The van der Waals surface area contributed by atoms with Crippen molar-refractivity contribution in [3.8, 4) is 5.75 Å². The first-order valence-electron chi connectivity index (χ1n) is 5.68. The molecule has 0 saturated carbocycles. The zero-order chi connectivity index (χ0) is 11.0. The molecule has 2 aromatic rings. The summed E-state index contributed by atoms with van der Waals surface area (Å²) in [5, 5.41) is 12.7. The average Bonchev–Trinajstić information content (AvgIpc) is 2.89. The molecule has 1 unspecified atom stereocenters. The molecule has 4 heteroatoms. The van der Waals surface area contributed by atoms with E-state index in [-0.39, 0.29) is 0 Å². The van der Waals surface area contributed by atoms with Crippen molar-refractivity contribution in [3.63, 3.8) is 0 Å². The Morgan fingerprint density at radius 1 is 1.56 bits per heavy atom. The fourth-order valence-electron chi connectivity index (χ4n) is 2.34. The highest BCUT2D eigenvalue weighted by atomic mass is 16.3. The quantitative estimate of drug-likeness (QED) is 0.794. The van der Waals surface area contributed by atoms with Crippen molar-refractivity contribution in [2.45, 2.75) is 12.8 Å². The maximum absolute atomic E-state index is 9.37. The van der Waals surface area contributed by atoms with Gasteiger partial charge in [-0.3, -0.25) is 0 Å². The van der Waals surface area contributed by atoms with E-state index in [0.717, 1.165) is 30.9 Å². The number of rotatable bonds is 2. The SMILES string of the molecule is Oc1ccn2c(CC3CCNC3)ncc2c1. The van der Waals surface area contributed by atoms with Crippen LogP contribution in [0.1, 0.15) is 12.2 Å². The topological polar surface area (TPSA) is 49.6 Å². The van der Waals surface area contributed by atoms with Crippen molar-refractivity contribution in [2.24, 2.45) is 5.92 Å². The van der Waals surface area contributed by atoms with E-state index in [9.17, 15) is 5.11 Å². The van der Waals surface area contributed by atoms with Gasteiger partial charge in [0.2, 0.25) is 0 Å². The highest BCUT2D eigenvalue weighted by Gasteiger charge is 2.17. The minimum Gasteiger partial charge on any atom is -0.508 e. The van der Waals surface area contributed by atoms with Gasteiger partial charge in [-0.05, 0) is 31.5 Å². The Balaban J connectivity index is 1.91. The van der Waals surface area contributed by atoms with Gasteiger partial charge in [0.25, 0.3) is 0 Å². The molecule has 0 spiro atoms. The number of aromatic nitrogens is 2. The van der Waals surface area contributed by atoms with Gasteiger partial charge in [0.05, 0.1) is 11.7 Å². The highest BCUT2D eigenvalue weighted by molar-refractivity contribution is 5.50. The van der Waals surface area contributed by atoms with Crippen molar-refractivity contribution < 1.29 is 5.11 Å². The van der Waals surface area contributed by atoms with E-state index in [0.29, 0.717) is 11.7 Å². The van der Waals surface area contributed by atoms with Crippen LogP contribution in [0.4, 0.5) is 0 Å². The largest absolute Gasteiger partial charge is 0.508 e. The van der Waals surface area contributed by atoms with Gasteiger partial charge in [0, 0.05) is 18.7 Å². The fraction of sp³-hybridized carbons (Fsp3) is 0.417. The third-order valence-electron chi connectivity index (χ3n) is 3.23. The summed E-state index contributed by atoms with van der Waals surface area (Å²) in [4.78, 5) is 4.42. The molecule has 0 aromatic carbocycles. The van der Waals surface area contributed by atoms with Crippen LogP contribution in [0.5, 0.6) is 5.75 Å². The Hall–Kier alpha value is -1.55. The number of imidazole rings is 1. The lowest BCUT2D eigenvalue weighted by molar-refractivity contribution is 0.475. The molecule has 4 nitrogen and oxygen atoms in total. The van der Waals surface area contributed by atoms with E-state index in [1.54, 1.807) is 12.1 Å². The van der Waals surface area contributed by atoms with Crippen LogP contribution in [0.3, 0.4) is 0 Å². The lowest BCUT2D eigenvalue weighted by atomic mass is 10.1. The molecular weight excluding hydrogens is 202 g/mol. The van der Waals surface area contributed by atoms with Crippen LogP contribution in [0.25, 0.3) is 5.52 Å². The molecule has 0 radical (unpaired) electrons. The third-order valence-corrected chi connectivity index (χ3v) is 3.23. The second kappa shape index (κ2) is 3.79. The molecule has 3 rings (SSSR count). The monoisotopic (exact) mass is 217 g/mol. The molecular formula is C12H15N3O. The van der Waals surface area contributed by atoms with E-state index in [1.165, 1.54) is 6.42 Å². The molecule has 0 amide bonds. The zero-order valence-corrected chi connectivity index (χ0v) is 9.06. The molecule has 1 aliphatic heterocycles. The second-order valence-electron chi connectivity index (χ2n) is 4.42. The summed E-state index contributed by atoms with van der Waals surface area (Å²) in [5.74, 6) is 2.07. The molecule has 0 aliphatic carbocycles. The molecule has 2 N–H and O–H groups in total. The molecule has 1 atom stereocenters. The lowest BCUT2D eigenvalue weighted by Gasteiger charge is -2.07. The van der Waals surface area contributed by atoms with Gasteiger partial charge in [-0.25, -0.2) is 4.98 Å². The molecule has 1 aliphatic rings. The Labute approximate surface area is 93.9 Å². The van der Waals surface area contributed by atoms with Crippen molar-refractivity contribution in [3.05, 3.63) is 30.4 Å².